The lowest BCUT2D eigenvalue weighted by Gasteiger charge is -2.34. The average Bonchev–Trinajstić information content (AvgIpc) is 2.69. The van der Waals surface area contributed by atoms with E-state index in [2.05, 4.69) is 10.9 Å². The smallest absolute Gasteiger partial charge is 0.309 e. The molecular weight excluding hydrogens is 362 g/mol. The minimum atomic E-state index is -0.627. The Morgan fingerprint density at radius 2 is 1.64 bits per heavy atom. The van der Waals surface area contributed by atoms with Gasteiger partial charge in [-0.15, -0.1) is 0 Å². The molecule has 1 aromatic carbocycles. The van der Waals surface area contributed by atoms with Crippen LogP contribution in [0.3, 0.4) is 0 Å². The SMILES string of the molecule is CC(C)(C)C(=O)N1CCC(C(=O)OCC(=O)NNC(=O)c2ccccc2)CC1. The predicted octanol–water partition coefficient (Wildman–Crippen LogP) is 1.28. The Kier molecular flexibility index (Phi) is 7.14. The number of nitrogens with zero attached hydrogens (tertiary/aromatic N) is 1. The molecule has 8 nitrogen and oxygen atoms in total. The van der Waals surface area contributed by atoms with Crippen LogP contribution in [0.15, 0.2) is 30.3 Å². The lowest BCUT2D eigenvalue weighted by molar-refractivity contribution is -0.155. The van der Waals surface area contributed by atoms with Gasteiger partial charge in [0.1, 0.15) is 0 Å². The summed E-state index contributed by atoms with van der Waals surface area (Å²) in [5.74, 6) is -1.83. The first-order valence-corrected chi connectivity index (χ1v) is 9.28. The van der Waals surface area contributed by atoms with Crippen LogP contribution in [0.25, 0.3) is 0 Å². The van der Waals surface area contributed by atoms with Gasteiger partial charge in [-0.3, -0.25) is 30.0 Å². The van der Waals surface area contributed by atoms with E-state index in [-0.39, 0.29) is 11.8 Å². The van der Waals surface area contributed by atoms with Crippen molar-refractivity contribution < 1.29 is 23.9 Å². The van der Waals surface area contributed by atoms with E-state index < -0.39 is 29.8 Å². The highest BCUT2D eigenvalue weighted by Gasteiger charge is 2.33. The summed E-state index contributed by atoms with van der Waals surface area (Å²) in [6.07, 6.45) is 1.01. The Hall–Kier alpha value is -2.90. The fourth-order valence-electron chi connectivity index (χ4n) is 2.87. The first-order valence-electron chi connectivity index (χ1n) is 9.28. The quantitative estimate of drug-likeness (QED) is 0.596. The lowest BCUT2D eigenvalue weighted by Crippen LogP contribution is -2.46. The molecule has 0 spiro atoms. The van der Waals surface area contributed by atoms with Gasteiger partial charge in [-0.1, -0.05) is 39.0 Å². The third kappa shape index (κ3) is 6.07. The van der Waals surface area contributed by atoms with E-state index in [0.717, 1.165) is 0 Å². The van der Waals surface area contributed by atoms with Crippen LogP contribution in [0.4, 0.5) is 0 Å². The number of likely N-dealkylation sites (tertiary alicyclic amines) is 1. The number of carbonyl (C=O) groups excluding carboxylic acids is 4. The maximum absolute atomic E-state index is 12.3. The fraction of sp³-hybridized carbons (Fsp3) is 0.500. The molecule has 3 amide bonds. The summed E-state index contributed by atoms with van der Waals surface area (Å²) >= 11 is 0. The monoisotopic (exact) mass is 389 g/mol. The van der Waals surface area contributed by atoms with Crippen LogP contribution in [0, 0.1) is 11.3 Å². The fourth-order valence-corrected chi connectivity index (χ4v) is 2.87. The Balaban J connectivity index is 1.69. The molecule has 152 valence electrons. The number of nitrogens with one attached hydrogen (secondary N) is 2. The summed E-state index contributed by atoms with van der Waals surface area (Å²) in [6, 6.07) is 8.41. The molecule has 0 bridgehead atoms. The van der Waals surface area contributed by atoms with Gasteiger partial charge in [0.15, 0.2) is 6.61 Å². The molecule has 8 heteroatoms. The van der Waals surface area contributed by atoms with Crippen molar-refractivity contribution in [3.05, 3.63) is 35.9 Å². The summed E-state index contributed by atoms with van der Waals surface area (Å²) in [5.41, 5.74) is 4.42. The summed E-state index contributed by atoms with van der Waals surface area (Å²) < 4.78 is 5.04. The number of hydrogen-bond donors (Lipinski definition) is 2. The first-order chi connectivity index (χ1) is 13.2. The normalized spacial score (nSPS) is 14.9. The molecule has 1 aliphatic rings. The van der Waals surface area contributed by atoms with E-state index in [1.807, 2.05) is 20.8 Å². The molecule has 1 saturated heterocycles. The summed E-state index contributed by atoms with van der Waals surface area (Å²) in [6.45, 7) is 6.11. The van der Waals surface area contributed by atoms with E-state index in [0.29, 0.717) is 31.5 Å². The van der Waals surface area contributed by atoms with E-state index >= 15 is 0 Å². The summed E-state index contributed by atoms with van der Waals surface area (Å²) in [7, 11) is 0. The molecule has 2 N–H and O–H groups in total. The number of esters is 1. The molecule has 0 atom stereocenters. The Morgan fingerprint density at radius 3 is 2.21 bits per heavy atom. The number of ether oxygens (including phenoxy) is 1. The largest absolute Gasteiger partial charge is 0.455 e. The standard InChI is InChI=1S/C20H27N3O5/c1-20(2,3)19(27)23-11-9-15(10-12-23)18(26)28-13-16(24)21-22-17(25)14-7-5-4-6-8-14/h4-8,15H,9-13H2,1-3H3,(H,21,24)(H,22,25). The minimum absolute atomic E-state index is 0.0628. The average molecular weight is 389 g/mol. The number of hydrazine groups is 1. The van der Waals surface area contributed by atoms with Gasteiger partial charge < -0.3 is 9.64 Å². The Morgan fingerprint density at radius 1 is 1.04 bits per heavy atom. The molecule has 1 heterocycles. The van der Waals surface area contributed by atoms with Crippen molar-refractivity contribution in [3.8, 4) is 0 Å². The van der Waals surface area contributed by atoms with Crippen LogP contribution in [-0.2, 0) is 19.1 Å². The molecule has 1 aromatic rings. The number of rotatable bonds is 4. The molecular formula is C20H27N3O5. The second-order valence-corrected chi connectivity index (χ2v) is 7.79. The van der Waals surface area contributed by atoms with Crippen molar-refractivity contribution in [1.29, 1.82) is 0 Å². The Bertz CT molecular complexity index is 719. The van der Waals surface area contributed by atoms with E-state index in [9.17, 15) is 19.2 Å². The number of amides is 3. The van der Waals surface area contributed by atoms with Gasteiger partial charge in [-0.2, -0.15) is 0 Å². The van der Waals surface area contributed by atoms with Crippen LogP contribution < -0.4 is 10.9 Å². The molecule has 0 unspecified atom stereocenters. The summed E-state index contributed by atoms with van der Waals surface area (Å²) in [4.78, 5) is 49.8. The van der Waals surface area contributed by atoms with Gasteiger partial charge in [0.2, 0.25) is 5.91 Å². The van der Waals surface area contributed by atoms with Crippen molar-refractivity contribution in [2.24, 2.45) is 11.3 Å². The lowest BCUT2D eigenvalue weighted by atomic mass is 9.91. The Labute approximate surface area is 164 Å². The molecule has 0 radical (unpaired) electrons. The first kappa shape index (κ1) is 21.4. The van der Waals surface area contributed by atoms with Crippen LogP contribution in [-0.4, -0.2) is 48.3 Å². The van der Waals surface area contributed by atoms with Gasteiger partial charge in [0.05, 0.1) is 5.92 Å². The van der Waals surface area contributed by atoms with Gasteiger partial charge in [0, 0.05) is 24.1 Å². The predicted molar refractivity (Wildman–Crippen MR) is 102 cm³/mol. The number of piperidine rings is 1. The number of hydrogen-bond acceptors (Lipinski definition) is 5. The third-order valence-electron chi connectivity index (χ3n) is 4.45. The molecule has 0 aliphatic carbocycles. The summed E-state index contributed by atoms with van der Waals surface area (Å²) in [5, 5.41) is 0. The molecule has 28 heavy (non-hydrogen) atoms. The van der Waals surface area contributed by atoms with Crippen molar-refractivity contribution in [2.75, 3.05) is 19.7 Å². The maximum atomic E-state index is 12.3. The molecule has 1 aliphatic heterocycles. The molecule has 0 saturated carbocycles. The molecule has 1 fully saturated rings. The van der Waals surface area contributed by atoms with Gasteiger partial charge >= 0.3 is 5.97 Å². The van der Waals surface area contributed by atoms with Gasteiger partial charge in [0.25, 0.3) is 11.8 Å². The molecule has 2 rings (SSSR count). The van der Waals surface area contributed by atoms with Crippen LogP contribution in [0.5, 0.6) is 0 Å². The highest BCUT2D eigenvalue weighted by molar-refractivity contribution is 5.95. The second-order valence-electron chi connectivity index (χ2n) is 7.79. The van der Waals surface area contributed by atoms with Crippen molar-refractivity contribution in [3.63, 3.8) is 0 Å². The topological polar surface area (TPSA) is 105 Å². The zero-order valence-electron chi connectivity index (χ0n) is 16.5. The third-order valence-corrected chi connectivity index (χ3v) is 4.45. The van der Waals surface area contributed by atoms with Crippen molar-refractivity contribution >= 4 is 23.7 Å². The van der Waals surface area contributed by atoms with Gasteiger partial charge in [-0.25, -0.2) is 0 Å². The van der Waals surface area contributed by atoms with E-state index in [4.69, 9.17) is 4.74 Å². The van der Waals surface area contributed by atoms with E-state index in [1.165, 1.54) is 0 Å². The zero-order valence-corrected chi connectivity index (χ0v) is 16.5. The zero-order chi connectivity index (χ0) is 20.7. The van der Waals surface area contributed by atoms with E-state index in [1.54, 1.807) is 35.2 Å². The number of carbonyl (C=O) groups is 4. The van der Waals surface area contributed by atoms with Crippen LogP contribution >= 0.6 is 0 Å². The second kappa shape index (κ2) is 9.34. The van der Waals surface area contributed by atoms with Crippen LogP contribution in [0.2, 0.25) is 0 Å². The maximum Gasteiger partial charge on any atom is 0.309 e. The number of benzene rings is 1. The van der Waals surface area contributed by atoms with Crippen molar-refractivity contribution in [2.45, 2.75) is 33.6 Å². The van der Waals surface area contributed by atoms with Crippen LogP contribution in [0.1, 0.15) is 44.0 Å². The van der Waals surface area contributed by atoms with Gasteiger partial charge in [-0.05, 0) is 25.0 Å². The molecule has 0 aromatic heterocycles. The highest BCUT2D eigenvalue weighted by atomic mass is 16.5. The van der Waals surface area contributed by atoms with Crippen molar-refractivity contribution in [1.82, 2.24) is 15.8 Å². The highest BCUT2D eigenvalue weighted by Crippen LogP contribution is 2.24. The minimum Gasteiger partial charge on any atom is -0.455 e.